The molecule has 2 aromatic heterocycles. The molecule has 1 amide bonds. The SMILES string of the molecule is CC(C)n1ncc2c1NC(=O)C[C@H]2c1ccc(-c2ccccc2F)o1. The van der Waals surface area contributed by atoms with Gasteiger partial charge < -0.3 is 9.73 Å². The molecule has 0 radical (unpaired) electrons. The lowest BCUT2D eigenvalue weighted by Crippen LogP contribution is -2.25. The molecule has 0 saturated heterocycles. The summed E-state index contributed by atoms with van der Waals surface area (Å²) in [5, 5.41) is 7.28. The molecule has 6 heteroatoms. The van der Waals surface area contributed by atoms with Crippen molar-refractivity contribution in [2.24, 2.45) is 0 Å². The zero-order chi connectivity index (χ0) is 17.6. The molecule has 5 nitrogen and oxygen atoms in total. The Balaban J connectivity index is 1.75. The van der Waals surface area contributed by atoms with Crippen LogP contribution < -0.4 is 5.32 Å². The summed E-state index contributed by atoms with van der Waals surface area (Å²) in [4.78, 5) is 12.2. The Morgan fingerprint density at radius 1 is 1.28 bits per heavy atom. The van der Waals surface area contributed by atoms with Crippen molar-refractivity contribution in [1.29, 1.82) is 0 Å². The van der Waals surface area contributed by atoms with E-state index in [0.29, 0.717) is 22.9 Å². The lowest BCUT2D eigenvalue weighted by molar-refractivity contribution is -0.116. The number of amides is 1. The minimum atomic E-state index is -0.335. The van der Waals surface area contributed by atoms with Crippen LogP contribution in [0, 0.1) is 5.82 Å². The molecule has 0 bridgehead atoms. The number of hydrogen-bond acceptors (Lipinski definition) is 3. The molecule has 0 saturated carbocycles. The number of nitrogens with one attached hydrogen (secondary N) is 1. The van der Waals surface area contributed by atoms with Crippen LogP contribution in [0.3, 0.4) is 0 Å². The molecule has 0 fully saturated rings. The van der Waals surface area contributed by atoms with Crippen LogP contribution in [0.4, 0.5) is 10.2 Å². The summed E-state index contributed by atoms with van der Waals surface area (Å²) in [7, 11) is 0. The summed E-state index contributed by atoms with van der Waals surface area (Å²) < 4.78 is 21.7. The van der Waals surface area contributed by atoms with Gasteiger partial charge in [0.25, 0.3) is 0 Å². The highest BCUT2D eigenvalue weighted by molar-refractivity contribution is 5.94. The van der Waals surface area contributed by atoms with Crippen LogP contribution in [0.2, 0.25) is 0 Å². The summed E-state index contributed by atoms with van der Waals surface area (Å²) >= 11 is 0. The Morgan fingerprint density at radius 2 is 2.08 bits per heavy atom. The summed E-state index contributed by atoms with van der Waals surface area (Å²) in [5.74, 6) is 1.16. The van der Waals surface area contributed by atoms with Crippen LogP contribution >= 0.6 is 0 Å². The van der Waals surface area contributed by atoms with Crippen LogP contribution in [-0.2, 0) is 4.79 Å². The van der Waals surface area contributed by atoms with E-state index in [1.54, 1.807) is 35.1 Å². The van der Waals surface area contributed by atoms with E-state index in [9.17, 15) is 9.18 Å². The first-order chi connectivity index (χ1) is 12.0. The average Bonchev–Trinajstić information content (AvgIpc) is 3.21. The summed E-state index contributed by atoms with van der Waals surface area (Å²) in [6.45, 7) is 4.01. The maximum atomic E-state index is 14.0. The highest BCUT2D eigenvalue weighted by atomic mass is 19.1. The van der Waals surface area contributed by atoms with Gasteiger partial charge in [-0.1, -0.05) is 12.1 Å². The van der Waals surface area contributed by atoms with E-state index < -0.39 is 0 Å². The lowest BCUT2D eigenvalue weighted by Gasteiger charge is -2.23. The molecular formula is C19H18FN3O2. The first-order valence-electron chi connectivity index (χ1n) is 8.26. The van der Waals surface area contributed by atoms with Gasteiger partial charge in [-0.2, -0.15) is 5.10 Å². The second-order valence-electron chi connectivity index (χ2n) is 6.47. The molecule has 1 N–H and O–H groups in total. The number of halogens is 1. The summed E-state index contributed by atoms with van der Waals surface area (Å²) in [6.07, 6.45) is 2.05. The number of rotatable bonds is 3. The van der Waals surface area contributed by atoms with Crippen molar-refractivity contribution in [1.82, 2.24) is 9.78 Å². The molecule has 1 atom stereocenters. The first kappa shape index (κ1) is 15.6. The number of benzene rings is 1. The molecule has 0 spiro atoms. The number of anilines is 1. The van der Waals surface area contributed by atoms with Crippen LogP contribution in [0.25, 0.3) is 11.3 Å². The van der Waals surface area contributed by atoms with Crippen molar-refractivity contribution in [2.75, 3.05) is 5.32 Å². The van der Waals surface area contributed by atoms with Gasteiger partial charge in [-0.3, -0.25) is 4.79 Å². The number of furan rings is 1. The zero-order valence-corrected chi connectivity index (χ0v) is 14.0. The van der Waals surface area contributed by atoms with E-state index in [4.69, 9.17) is 4.42 Å². The van der Waals surface area contributed by atoms with Crippen molar-refractivity contribution >= 4 is 11.7 Å². The van der Waals surface area contributed by atoms with Crippen LogP contribution in [-0.4, -0.2) is 15.7 Å². The highest BCUT2D eigenvalue weighted by Gasteiger charge is 2.32. The highest BCUT2D eigenvalue weighted by Crippen LogP contribution is 2.39. The number of aromatic nitrogens is 2. The number of hydrogen-bond donors (Lipinski definition) is 1. The van der Waals surface area contributed by atoms with Gasteiger partial charge in [-0.15, -0.1) is 0 Å². The third kappa shape index (κ3) is 2.63. The van der Waals surface area contributed by atoms with Crippen molar-refractivity contribution in [3.63, 3.8) is 0 Å². The van der Waals surface area contributed by atoms with E-state index in [2.05, 4.69) is 10.4 Å². The van der Waals surface area contributed by atoms with E-state index in [1.165, 1.54) is 6.07 Å². The monoisotopic (exact) mass is 339 g/mol. The van der Waals surface area contributed by atoms with Gasteiger partial charge >= 0.3 is 0 Å². The largest absolute Gasteiger partial charge is 0.460 e. The topological polar surface area (TPSA) is 60.1 Å². The number of carbonyl (C=O) groups is 1. The molecule has 3 aromatic rings. The Morgan fingerprint density at radius 3 is 2.84 bits per heavy atom. The Bertz CT molecular complexity index is 942. The summed E-state index contributed by atoms with van der Waals surface area (Å²) in [6, 6.07) is 10.2. The van der Waals surface area contributed by atoms with Crippen LogP contribution in [0.5, 0.6) is 0 Å². The molecule has 0 unspecified atom stereocenters. The smallest absolute Gasteiger partial charge is 0.226 e. The van der Waals surface area contributed by atoms with Gasteiger partial charge in [-0.05, 0) is 38.1 Å². The third-order valence-electron chi connectivity index (χ3n) is 4.45. The quantitative estimate of drug-likeness (QED) is 0.772. The Labute approximate surface area is 144 Å². The minimum absolute atomic E-state index is 0.0799. The molecule has 4 rings (SSSR count). The number of nitrogens with zero attached hydrogens (tertiary/aromatic N) is 2. The standard InChI is InChI=1S/C19H18FN3O2/c1-11(2)23-19-14(10-21-23)13(9-18(24)22-19)17-8-7-16(25-17)12-5-3-4-6-15(12)20/h3-8,10-11,13H,9H2,1-2H3,(H,22,24)/t13-/m1/s1. The fraction of sp³-hybridized carbons (Fsp3) is 0.263. The normalized spacial score (nSPS) is 16.8. The van der Waals surface area contributed by atoms with E-state index in [-0.39, 0.29) is 30.1 Å². The predicted octanol–water partition coefficient (Wildman–Crippen LogP) is 4.34. The average molecular weight is 339 g/mol. The first-order valence-corrected chi connectivity index (χ1v) is 8.26. The number of carbonyl (C=O) groups excluding carboxylic acids is 1. The fourth-order valence-corrected chi connectivity index (χ4v) is 3.23. The lowest BCUT2D eigenvalue weighted by atomic mass is 9.92. The van der Waals surface area contributed by atoms with Gasteiger partial charge in [0.15, 0.2) is 0 Å². The third-order valence-corrected chi connectivity index (χ3v) is 4.45. The maximum Gasteiger partial charge on any atom is 0.226 e. The molecule has 128 valence electrons. The van der Waals surface area contributed by atoms with Gasteiger partial charge in [0, 0.05) is 18.0 Å². The van der Waals surface area contributed by atoms with Crippen LogP contribution in [0.15, 0.2) is 47.0 Å². The maximum absolute atomic E-state index is 14.0. The van der Waals surface area contributed by atoms with Crippen molar-refractivity contribution < 1.29 is 13.6 Å². The van der Waals surface area contributed by atoms with Crippen molar-refractivity contribution in [3.05, 3.63) is 59.7 Å². The van der Waals surface area contributed by atoms with Crippen molar-refractivity contribution in [3.8, 4) is 11.3 Å². The van der Waals surface area contributed by atoms with E-state index >= 15 is 0 Å². The molecule has 3 heterocycles. The van der Waals surface area contributed by atoms with Gasteiger partial charge in [0.2, 0.25) is 5.91 Å². The zero-order valence-electron chi connectivity index (χ0n) is 14.0. The van der Waals surface area contributed by atoms with E-state index in [0.717, 1.165) is 5.56 Å². The number of fused-ring (bicyclic) bond motifs is 1. The van der Waals surface area contributed by atoms with Crippen molar-refractivity contribution in [2.45, 2.75) is 32.2 Å². The second kappa shape index (κ2) is 5.88. The molecular weight excluding hydrogens is 321 g/mol. The fourth-order valence-electron chi connectivity index (χ4n) is 3.23. The molecule has 1 aliphatic rings. The summed E-state index contributed by atoms with van der Waals surface area (Å²) in [5.41, 5.74) is 1.33. The molecule has 25 heavy (non-hydrogen) atoms. The van der Waals surface area contributed by atoms with Gasteiger partial charge in [0.1, 0.15) is 23.2 Å². The van der Waals surface area contributed by atoms with Crippen LogP contribution in [0.1, 0.15) is 43.6 Å². The van der Waals surface area contributed by atoms with Gasteiger partial charge in [0.05, 0.1) is 17.7 Å². The molecule has 1 aliphatic heterocycles. The predicted molar refractivity (Wildman–Crippen MR) is 91.8 cm³/mol. The Kier molecular flexibility index (Phi) is 3.67. The second-order valence-corrected chi connectivity index (χ2v) is 6.47. The molecule has 1 aromatic carbocycles. The molecule has 0 aliphatic carbocycles. The van der Waals surface area contributed by atoms with Gasteiger partial charge in [-0.25, -0.2) is 9.07 Å². The van der Waals surface area contributed by atoms with E-state index in [1.807, 2.05) is 19.9 Å². The minimum Gasteiger partial charge on any atom is -0.460 e. The Hall–Kier alpha value is -2.89.